The van der Waals surface area contributed by atoms with E-state index in [1.165, 1.54) is 44.5 Å². The minimum atomic E-state index is -0.384. The maximum Gasteiger partial charge on any atom is 0.0867 e. The van der Waals surface area contributed by atoms with Crippen LogP contribution in [-0.2, 0) is 5.41 Å². The molecular formula is C37H30N2. The van der Waals surface area contributed by atoms with Gasteiger partial charge in [-0.3, -0.25) is 10.8 Å². The van der Waals surface area contributed by atoms with Crippen molar-refractivity contribution in [3.63, 3.8) is 0 Å². The summed E-state index contributed by atoms with van der Waals surface area (Å²) in [6, 6.07) is 32.7. The van der Waals surface area contributed by atoms with Gasteiger partial charge in [0.05, 0.1) is 16.8 Å². The van der Waals surface area contributed by atoms with Crippen LogP contribution >= 0.6 is 0 Å². The van der Waals surface area contributed by atoms with Crippen molar-refractivity contribution in [2.24, 2.45) is 0 Å². The maximum atomic E-state index is 8.56. The molecule has 0 bridgehead atoms. The Hall–Kier alpha value is -4.56. The van der Waals surface area contributed by atoms with Crippen LogP contribution in [0.3, 0.4) is 0 Å². The van der Waals surface area contributed by atoms with Crippen LogP contribution in [0.4, 0.5) is 0 Å². The third-order valence-electron chi connectivity index (χ3n) is 8.66. The summed E-state index contributed by atoms with van der Waals surface area (Å²) in [4.78, 5) is 0. The lowest BCUT2D eigenvalue weighted by Crippen LogP contribution is -2.27. The Kier molecular flexibility index (Phi) is 5.28. The predicted octanol–water partition coefficient (Wildman–Crippen LogP) is 8.98. The Morgan fingerprint density at radius 1 is 0.667 bits per heavy atom. The summed E-state index contributed by atoms with van der Waals surface area (Å²) in [5, 5.41) is 17.1. The van der Waals surface area contributed by atoms with Gasteiger partial charge in [-0.25, -0.2) is 0 Å². The lowest BCUT2D eigenvalue weighted by Gasteiger charge is -2.32. The highest BCUT2D eigenvalue weighted by atomic mass is 14.5. The third kappa shape index (κ3) is 3.09. The van der Waals surface area contributed by atoms with E-state index in [1.54, 1.807) is 0 Å². The number of rotatable bonds is 4. The van der Waals surface area contributed by atoms with Gasteiger partial charge >= 0.3 is 0 Å². The van der Waals surface area contributed by atoms with Crippen molar-refractivity contribution >= 4 is 22.6 Å². The fraction of sp³-hybridized carbons (Fsp3) is 0.135. The molecule has 2 heteroatoms. The predicted molar refractivity (Wildman–Crippen MR) is 163 cm³/mol. The van der Waals surface area contributed by atoms with Gasteiger partial charge in [-0.15, -0.1) is 0 Å². The van der Waals surface area contributed by atoms with Crippen molar-refractivity contribution in [1.29, 1.82) is 10.8 Å². The van der Waals surface area contributed by atoms with Gasteiger partial charge in [0.25, 0.3) is 0 Å². The van der Waals surface area contributed by atoms with Crippen molar-refractivity contribution in [1.82, 2.24) is 0 Å². The zero-order valence-electron chi connectivity index (χ0n) is 22.3. The van der Waals surface area contributed by atoms with Crippen LogP contribution in [0, 0.1) is 10.8 Å². The first kappa shape index (κ1) is 23.5. The van der Waals surface area contributed by atoms with Gasteiger partial charge < -0.3 is 0 Å². The fourth-order valence-electron chi connectivity index (χ4n) is 7.07. The number of hydrogen-bond acceptors (Lipinski definition) is 2. The van der Waals surface area contributed by atoms with E-state index < -0.39 is 0 Å². The molecule has 0 aliphatic heterocycles. The van der Waals surface area contributed by atoms with E-state index in [2.05, 4.69) is 98.8 Å². The average Bonchev–Trinajstić information content (AvgIpc) is 3.43. The van der Waals surface area contributed by atoms with Crippen molar-refractivity contribution in [2.75, 3.05) is 0 Å². The molecule has 7 rings (SSSR count). The number of fused-ring (bicyclic) bond motifs is 8. The highest BCUT2D eigenvalue weighted by Crippen LogP contribution is 2.62. The van der Waals surface area contributed by atoms with Crippen molar-refractivity contribution in [3.8, 4) is 11.1 Å². The summed E-state index contributed by atoms with van der Waals surface area (Å²) in [6.45, 7) is 4.47. The van der Waals surface area contributed by atoms with E-state index in [1.807, 2.05) is 24.3 Å². The fourth-order valence-corrected chi connectivity index (χ4v) is 7.07. The summed E-state index contributed by atoms with van der Waals surface area (Å²) in [6.07, 6.45) is 8.50. The first-order valence-electron chi connectivity index (χ1n) is 13.8. The van der Waals surface area contributed by atoms with Crippen molar-refractivity contribution < 1.29 is 0 Å². The highest BCUT2D eigenvalue weighted by Gasteiger charge is 2.51. The Labute approximate surface area is 230 Å². The molecule has 0 aromatic heterocycles. The molecule has 0 radical (unpaired) electrons. The molecule has 188 valence electrons. The minimum Gasteiger partial charge on any atom is -0.299 e. The molecule has 4 aromatic carbocycles. The molecule has 2 N–H and O–H groups in total. The standard InChI is InChI=1S/C37H30N2/c1-3-5-16-31-24(4-2)26-13-8-10-17-32(26)37(31)33-18-11-9-14-27(33)28-20-19-23(21-34(28)37)30-22-35(38)36(39)29-15-7-6-12-25(29)30/h5-22,38-39H,3-4H2,1-2H3/b16-5-,38-35?,39-36?. The molecule has 39 heavy (non-hydrogen) atoms. The summed E-state index contributed by atoms with van der Waals surface area (Å²) in [7, 11) is 0. The molecule has 0 fully saturated rings. The van der Waals surface area contributed by atoms with Crippen LogP contribution in [0.1, 0.15) is 65.6 Å². The second-order valence-electron chi connectivity index (χ2n) is 10.6. The molecule has 1 unspecified atom stereocenters. The zero-order valence-corrected chi connectivity index (χ0v) is 22.3. The minimum absolute atomic E-state index is 0.258. The normalized spacial score (nSPS) is 18.9. The molecule has 4 aromatic rings. The van der Waals surface area contributed by atoms with E-state index in [4.69, 9.17) is 10.8 Å². The largest absolute Gasteiger partial charge is 0.299 e. The van der Waals surface area contributed by atoms with Gasteiger partial charge in [0.15, 0.2) is 0 Å². The Morgan fingerprint density at radius 2 is 1.28 bits per heavy atom. The highest BCUT2D eigenvalue weighted by molar-refractivity contribution is 6.53. The number of benzene rings is 4. The Morgan fingerprint density at radius 3 is 2.00 bits per heavy atom. The first-order chi connectivity index (χ1) is 19.1. The second-order valence-corrected chi connectivity index (χ2v) is 10.6. The molecule has 0 amide bonds. The summed E-state index contributed by atoms with van der Waals surface area (Å²) in [5.41, 5.74) is 14.8. The van der Waals surface area contributed by atoms with Gasteiger partial charge in [0.2, 0.25) is 0 Å². The van der Waals surface area contributed by atoms with E-state index >= 15 is 0 Å². The number of hydrogen-bond donors (Lipinski definition) is 2. The van der Waals surface area contributed by atoms with Crippen LogP contribution in [0.25, 0.3) is 22.3 Å². The van der Waals surface area contributed by atoms with Gasteiger partial charge in [-0.05, 0) is 86.2 Å². The lowest BCUT2D eigenvalue weighted by molar-refractivity contribution is 0.784. The molecular weight excluding hydrogens is 472 g/mol. The zero-order chi connectivity index (χ0) is 26.7. The Balaban J connectivity index is 1.57. The summed E-state index contributed by atoms with van der Waals surface area (Å²) < 4.78 is 0. The van der Waals surface area contributed by atoms with Crippen LogP contribution in [0.5, 0.6) is 0 Å². The maximum absolute atomic E-state index is 8.56. The van der Waals surface area contributed by atoms with Crippen LogP contribution in [-0.4, -0.2) is 11.4 Å². The molecule has 0 saturated heterocycles. The summed E-state index contributed by atoms with van der Waals surface area (Å²) in [5.74, 6) is 0. The van der Waals surface area contributed by atoms with Crippen molar-refractivity contribution in [2.45, 2.75) is 32.1 Å². The van der Waals surface area contributed by atoms with Gasteiger partial charge in [-0.2, -0.15) is 0 Å². The average molecular weight is 503 g/mol. The van der Waals surface area contributed by atoms with E-state index in [-0.39, 0.29) is 16.8 Å². The molecule has 0 saturated carbocycles. The monoisotopic (exact) mass is 502 g/mol. The lowest BCUT2D eigenvalue weighted by atomic mass is 9.69. The molecule has 3 aliphatic rings. The van der Waals surface area contributed by atoms with Crippen LogP contribution in [0.2, 0.25) is 0 Å². The first-order valence-corrected chi connectivity index (χ1v) is 13.8. The van der Waals surface area contributed by atoms with E-state index in [9.17, 15) is 0 Å². The van der Waals surface area contributed by atoms with Gasteiger partial charge in [0, 0.05) is 5.56 Å². The summed E-state index contributed by atoms with van der Waals surface area (Å²) >= 11 is 0. The van der Waals surface area contributed by atoms with Gasteiger partial charge in [-0.1, -0.05) is 111 Å². The van der Waals surface area contributed by atoms with E-state index in [0.717, 1.165) is 35.1 Å². The van der Waals surface area contributed by atoms with Crippen LogP contribution in [0.15, 0.2) is 115 Å². The Bertz CT molecular complexity index is 1810. The van der Waals surface area contributed by atoms with Gasteiger partial charge in [0.1, 0.15) is 0 Å². The molecule has 1 spiro atoms. The van der Waals surface area contributed by atoms with E-state index in [0.29, 0.717) is 0 Å². The quantitative estimate of drug-likeness (QED) is 0.280. The second kappa shape index (κ2) is 8.74. The third-order valence-corrected chi connectivity index (χ3v) is 8.66. The molecule has 0 heterocycles. The topological polar surface area (TPSA) is 47.7 Å². The van der Waals surface area contributed by atoms with Crippen molar-refractivity contribution in [3.05, 3.63) is 154 Å². The number of nitrogens with one attached hydrogen (secondary N) is 2. The molecule has 2 nitrogen and oxygen atoms in total. The molecule has 1 atom stereocenters. The van der Waals surface area contributed by atoms with Crippen LogP contribution < -0.4 is 0 Å². The number of allylic oxidation sites excluding steroid dienone is 5. The smallest absolute Gasteiger partial charge is 0.0867 e. The molecule has 3 aliphatic carbocycles. The SMILES string of the molecule is CC/C=C\C1=C(CC)c2ccccc2C12c1ccccc1-c1ccc(C3=CC(=N)C(=N)c4ccccc43)cc12.